The molecule has 1 atom stereocenters. The normalized spacial score (nSPS) is 20.4. The molecule has 86 valence electrons. The Balaban J connectivity index is 2.06. The van der Waals surface area contributed by atoms with Crippen molar-refractivity contribution in [2.45, 2.75) is 13.8 Å². The van der Waals surface area contributed by atoms with Crippen LogP contribution in [0.4, 0.5) is 5.69 Å². The minimum atomic E-state index is 0.695. The van der Waals surface area contributed by atoms with Gasteiger partial charge in [-0.3, -0.25) is 4.99 Å². The quantitative estimate of drug-likeness (QED) is 0.850. The second-order valence-electron chi connectivity index (χ2n) is 4.15. The number of nitrogens with one attached hydrogen (secondary N) is 1. The van der Waals surface area contributed by atoms with Crippen LogP contribution >= 0.6 is 27.7 Å². The molecule has 1 aromatic carbocycles. The maximum absolute atomic E-state index is 4.51. The zero-order valence-electron chi connectivity index (χ0n) is 9.46. The Morgan fingerprint density at radius 3 is 2.94 bits per heavy atom. The van der Waals surface area contributed by atoms with Gasteiger partial charge in [0.2, 0.25) is 0 Å². The maximum atomic E-state index is 4.51. The van der Waals surface area contributed by atoms with Gasteiger partial charge in [0.25, 0.3) is 0 Å². The van der Waals surface area contributed by atoms with Crippen molar-refractivity contribution < 1.29 is 0 Å². The average Bonchev–Trinajstić information content (AvgIpc) is 2.27. The van der Waals surface area contributed by atoms with Crippen molar-refractivity contribution in [3.63, 3.8) is 0 Å². The van der Waals surface area contributed by atoms with Gasteiger partial charge in [-0.05, 0) is 30.5 Å². The number of aliphatic imine (C=N–C) groups is 1. The number of nitrogens with zero attached hydrogens (tertiary/aromatic N) is 1. The van der Waals surface area contributed by atoms with Gasteiger partial charge in [0.05, 0.1) is 0 Å². The van der Waals surface area contributed by atoms with Gasteiger partial charge in [-0.1, -0.05) is 40.7 Å². The summed E-state index contributed by atoms with van der Waals surface area (Å²) in [5, 5.41) is 4.39. The van der Waals surface area contributed by atoms with E-state index in [0.717, 1.165) is 27.6 Å². The van der Waals surface area contributed by atoms with Crippen LogP contribution in [0.3, 0.4) is 0 Å². The molecule has 4 heteroatoms. The third kappa shape index (κ3) is 3.01. The molecule has 0 saturated heterocycles. The number of hydrogen-bond acceptors (Lipinski definition) is 3. The summed E-state index contributed by atoms with van der Waals surface area (Å²) in [6.45, 7) is 5.25. The van der Waals surface area contributed by atoms with Crippen LogP contribution in [0.25, 0.3) is 0 Å². The van der Waals surface area contributed by atoms with Gasteiger partial charge in [0, 0.05) is 22.5 Å². The Bertz CT molecular complexity index is 417. The molecule has 0 saturated carbocycles. The van der Waals surface area contributed by atoms with Crippen LogP contribution < -0.4 is 5.32 Å². The summed E-state index contributed by atoms with van der Waals surface area (Å²) in [6.07, 6.45) is 0. The summed E-state index contributed by atoms with van der Waals surface area (Å²) in [7, 11) is 0. The van der Waals surface area contributed by atoms with Crippen LogP contribution in [0, 0.1) is 12.8 Å². The monoisotopic (exact) mass is 298 g/mol. The van der Waals surface area contributed by atoms with E-state index in [1.807, 2.05) is 0 Å². The molecule has 1 aromatic rings. The fourth-order valence-corrected chi connectivity index (χ4v) is 2.71. The summed E-state index contributed by atoms with van der Waals surface area (Å²) in [5.41, 5.74) is 2.34. The number of thioether (sulfide) groups is 1. The molecule has 0 bridgehead atoms. The minimum absolute atomic E-state index is 0.695. The van der Waals surface area contributed by atoms with E-state index in [4.69, 9.17) is 0 Å². The molecule has 0 fully saturated rings. The lowest BCUT2D eigenvalue weighted by Gasteiger charge is -2.18. The lowest BCUT2D eigenvalue weighted by molar-refractivity contribution is 0.674. The van der Waals surface area contributed by atoms with Crippen molar-refractivity contribution in [2.24, 2.45) is 10.9 Å². The van der Waals surface area contributed by atoms with Gasteiger partial charge in [-0.15, -0.1) is 0 Å². The van der Waals surface area contributed by atoms with E-state index in [2.05, 4.69) is 58.3 Å². The zero-order valence-corrected chi connectivity index (χ0v) is 11.9. The van der Waals surface area contributed by atoms with Gasteiger partial charge < -0.3 is 5.32 Å². The predicted molar refractivity (Wildman–Crippen MR) is 76.4 cm³/mol. The predicted octanol–water partition coefficient (Wildman–Crippen LogP) is 3.91. The molecule has 0 amide bonds. The van der Waals surface area contributed by atoms with Crippen molar-refractivity contribution in [3.05, 3.63) is 28.2 Å². The van der Waals surface area contributed by atoms with Crippen LogP contribution in [0.2, 0.25) is 0 Å². The van der Waals surface area contributed by atoms with Crippen LogP contribution in [-0.2, 0) is 0 Å². The third-order valence-corrected chi connectivity index (χ3v) is 4.57. The molecule has 1 aliphatic heterocycles. The Labute approximate surface area is 109 Å². The highest BCUT2D eigenvalue weighted by molar-refractivity contribution is 9.10. The SMILES string of the molecule is Cc1ccc(NC2=NCC(C)CS2)cc1Br. The second kappa shape index (κ2) is 5.23. The molecule has 0 radical (unpaired) electrons. The zero-order chi connectivity index (χ0) is 11.5. The first-order valence-electron chi connectivity index (χ1n) is 5.35. The summed E-state index contributed by atoms with van der Waals surface area (Å²) in [5.74, 6) is 1.85. The molecular formula is C12H15BrN2S. The summed E-state index contributed by atoms with van der Waals surface area (Å²) in [6, 6.07) is 6.28. The highest BCUT2D eigenvalue weighted by atomic mass is 79.9. The van der Waals surface area contributed by atoms with Crippen LogP contribution in [0.15, 0.2) is 27.7 Å². The number of rotatable bonds is 1. The fraction of sp³-hybridized carbons (Fsp3) is 0.417. The van der Waals surface area contributed by atoms with Gasteiger partial charge in [0.1, 0.15) is 0 Å². The largest absolute Gasteiger partial charge is 0.335 e. The van der Waals surface area contributed by atoms with E-state index in [1.165, 1.54) is 5.56 Å². The highest BCUT2D eigenvalue weighted by Gasteiger charge is 2.12. The lowest BCUT2D eigenvalue weighted by atomic mass is 10.2. The molecule has 0 spiro atoms. The number of amidine groups is 1. The van der Waals surface area contributed by atoms with Crippen molar-refractivity contribution in [2.75, 3.05) is 17.6 Å². The Hall–Kier alpha value is -0.480. The molecule has 1 heterocycles. The number of hydrogen-bond donors (Lipinski definition) is 1. The molecule has 1 unspecified atom stereocenters. The van der Waals surface area contributed by atoms with Crippen molar-refractivity contribution >= 4 is 38.5 Å². The van der Waals surface area contributed by atoms with E-state index in [9.17, 15) is 0 Å². The Kier molecular flexibility index (Phi) is 3.92. The van der Waals surface area contributed by atoms with Crippen LogP contribution in [-0.4, -0.2) is 17.5 Å². The first-order chi connectivity index (χ1) is 7.65. The molecule has 1 aliphatic rings. The fourth-order valence-electron chi connectivity index (χ4n) is 1.43. The second-order valence-corrected chi connectivity index (χ2v) is 6.01. The van der Waals surface area contributed by atoms with Crippen LogP contribution in [0.5, 0.6) is 0 Å². The molecular weight excluding hydrogens is 284 g/mol. The van der Waals surface area contributed by atoms with Crippen molar-refractivity contribution in [1.29, 1.82) is 0 Å². The van der Waals surface area contributed by atoms with Crippen LogP contribution in [0.1, 0.15) is 12.5 Å². The summed E-state index contributed by atoms with van der Waals surface area (Å²) < 4.78 is 1.13. The smallest absolute Gasteiger partial charge is 0.161 e. The van der Waals surface area contributed by atoms with Gasteiger partial charge in [0.15, 0.2) is 5.17 Å². The van der Waals surface area contributed by atoms with Crippen molar-refractivity contribution in [1.82, 2.24) is 0 Å². The highest BCUT2D eigenvalue weighted by Crippen LogP contribution is 2.23. The lowest BCUT2D eigenvalue weighted by Crippen LogP contribution is -2.18. The Morgan fingerprint density at radius 1 is 1.50 bits per heavy atom. The van der Waals surface area contributed by atoms with E-state index in [1.54, 1.807) is 11.8 Å². The van der Waals surface area contributed by atoms with E-state index in [-0.39, 0.29) is 0 Å². The molecule has 0 aromatic heterocycles. The van der Waals surface area contributed by atoms with E-state index >= 15 is 0 Å². The van der Waals surface area contributed by atoms with Crippen molar-refractivity contribution in [3.8, 4) is 0 Å². The maximum Gasteiger partial charge on any atom is 0.161 e. The van der Waals surface area contributed by atoms with Gasteiger partial charge >= 0.3 is 0 Å². The van der Waals surface area contributed by atoms with Gasteiger partial charge in [-0.2, -0.15) is 0 Å². The molecule has 2 nitrogen and oxygen atoms in total. The third-order valence-electron chi connectivity index (χ3n) is 2.47. The summed E-state index contributed by atoms with van der Waals surface area (Å²) >= 11 is 5.33. The molecule has 16 heavy (non-hydrogen) atoms. The molecule has 0 aliphatic carbocycles. The Morgan fingerprint density at radius 2 is 2.31 bits per heavy atom. The number of halogens is 1. The molecule has 1 N–H and O–H groups in total. The van der Waals surface area contributed by atoms with E-state index < -0.39 is 0 Å². The first kappa shape index (κ1) is 12.0. The number of benzene rings is 1. The van der Waals surface area contributed by atoms with E-state index in [0.29, 0.717) is 5.92 Å². The molecule has 2 rings (SSSR count). The van der Waals surface area contributed by atoms with Gasteiger partial charge in [-0.25, -0.2) is 0 Å². The topological polar surface area (TPSA) is 24.4 Å². The summed E-state index contributed by atoms with van der Waals surface area (Å²) in [4.78, 5) is 4.51. The standard InChI is InChI=1S/C12H15BrN2S/c1-8-6-14-12(16-7-8)15-10-4-3-9(2)11(13)5-10/h3-5,8H,6-7H2,1-2H3,(H,14,15). The first-order valence-corrected chi connectivity index (χ1v) is 7.13. The number of aryl methyl sites for hydroxylation is 1. The average molecular weight is 299 g/mol. The number of anilines is 1. The minimum Gasteiger partial charge on any atom is -0.335 e.